The van der Waals surface area contributed by atoms with E-state index < -0.39 is 10.0 Å². The normalized spacial score (nSPS) is 27.5. The Hall–Kier alpha value is -1.48. The number of hydrogen-bond donors (Lipinski definition) is 1. The molecule has 3 rings (SSSR count). The zero-order valence-electron chi connectivity index (χ0n) is 16.2. The molecule has 27 heavy (non-hydrogen) atoms. The lowest BCUT2D eigenvalue weighted by Crippen LogP contribution is -2.48. The molecule has 2 aliphatic rings. The van der Waals surface area contributed by atoms with E-state index in [4.69, 9.17) is 4.74 Å². The number of nitrogens with one attached hydrogen (secondary N) is 1. The standard InChI is InChI=1S/C19H29N3O4S/c1-14-11-22(12-15(2)26-14)27(24,25)18-8-6-16(7-9-18)19(23)21-10-4-5-17(13-21)20-3/h6-9,14-15,17,20H,4-5,10-13H2,1-3H3. The fourth-order valence-corrected chi connectivity index (χ4v) is 5.42. The van der Waals surface area contributed by atoms with Gasteiger partial charge >= 0.3 is 0 Å². The van der Waals surface area contributed by atoms with E-state index in [1.54, 1.807) is 12.1 Å². The van der Waals surface area contributed by atoms with E-state index >= 15 is 0 Å². The number of hydrogen-bond acceptors (Lipinski definition) is 5. The zero-order chi connectivity index (χ0) is 19.6. The first-order chi connectivity index (χ1) is 12.8. The molecular weight excluding hydrogens is 366 g/mol. The van der Waals surface area contributed by atoms with Gasteiger partial charge in [0.25, 0.3) is 5.91 Å². The first-order valence-electron chi connectivity index (χ1n) is 9.53. The highest BCUT2D eigenvalue weighted by molar-refractivity contribution is 7.89. The van der Waals surface area contributed by atoms with E-state index in [2.05, 4.69) is 5.32 Å². The van der Waals surface area contributed by atoms with Crippen LogP contribution in [0.1, 0.15) is 37.0 Å². The molecular formula is C19H29N3O4S. The van der Waals surface area contributed by atoms with Crippen molar-refractivity contribution in [1.29, 1.82) is 0 Å². The topological polar surface area (TPSA) is 79.0 Å². The van der Waals surface area contributed by atoms with Gasteiger partial charge in [0.1, 0.15) is 0 Å². The highest BCUT2D eigenvalue weighted by Gasteiger charge is 2.32. The van der Waals surface area contributed by atoms with Gasteiger partial charge in [-0.1, -0.05) is 0 Å². The predicted octanol–water partition coefficient (Wildman–Crippen LogP) is 1.31. The fraction of sp³-hybridized carbons (Fsp3) is 0.632. The number of amides is 1. The third kappa shape index (κ3) is 4.51. The summed E-state index contributed by atoms with van der Waals surface area (Å²) < 4.78 is 32.9. The van der Waals surface area contributed by atoms with E-state index in [1.807, 2.05) is 25.8 Å². The Balaban J connectivity index is 1.73. The molecule has 2 saturated heterocycles. The number of sulfonamides is 1. The second kappa shape index (κ2) is 8.26. The minimum Gasteiger partial charge on any atom is -0.373 e. The van der Waals surface area contributed by atoms with E-state index in [9.17, 15) is 13.2 Å². The smallest absolute Gasteiger partial charge is 0.253 e. The van der Waals surface area contributed by atoms with Gasteiger partial charge in [-0.15, -0.1) is 0 Å². The lowest BCUT2D eigenvalue weighted by molar-refractivity contribution is -0.0440. The third-order valence-electron chi connectivity index (χ3n) is 5.24. The van der Waals surface area contributed by atoms with Gasteiger partial charge in [-0.25, -0.2) is 8.42 Å². The molecule has 3 unspecified atom stereocenters. The summed E-state index contributed by atoms with van der Waals surface area (Å²) in [6, 6.07) is 6.61. The summed E-state index contributed by atoms with van der Waals surface area (Å²) in [4.78, 5) is 14.8. The number of likely N-dealkylation sites (N-methyl/N-ethyl adjacent to an activating group) is 1. The Morgan fingerprint density at radius 3 is 2.33 bits per heavy atom. The summed E-state index contributed by atoms with van der Waals surface area (Å²) >= 11 is 0. The van der Waals surface area contributed by atoms with Crippen LogP contribution in [0.25, 0.3) is 0 Å². The van der Waals surface area contributed by atoms with Crippen LogP contribution in [0.3, 0.4) is 0 Å². The van der Waals surface area contributed by atoms with Crippen molar-refractivity contribution < 1.29 is 17.9 Å². The minimum absolute atomic E-state index is 0.0486. The number of morpholine rings is 1. The van der Waals surface area contributed by atoms with Gasteiger partial charge in [-0.3, -0.25) is 4.79 Å². The molecule has 0 aromatic heterocycles. The van der Waals surface area contributed by atoms with Crippen LogP contribution in [-0.2, 0) is 14.8 Å². The summed E-state index contributed by atoms with van der Waals surface area (Å²) in [5.74, 6) is -0.0486. The number of piperidine rings is 1. The molecule has 8 heteroatoms. The van der Waals surface area contributed by atoms with Crippen LogP contribution in [0.2, 0.25) is 0 Å². The van der Waals surface area contributed by atoms with Crippen molar-refractivity contribution in [3.8, 4) is 0 Å². The Kier molecular flexibility index (Phi) is 6.20. The first-order valence-corrected chi connectivity index (χ1v) is 11.0. The number of likely N-dealkylation sites (tertiary alicyclic amines) is 1. The minimum atomic E-state index is -3.59. The highest BCUT2D eigenvalue weighted by Crippen LogP contribution is 2.22. The molecule has 2 aliphatic heterocycles. The van der Waals surface area contributed by atoms with E-state index in [0.717, 1.165) is 19.4 Å². The lowest BCUT2D eigenvalue weighted by atomic mass is 10.0. The van der Waals surface area contributed by atoms with Gasteiger partial charge in [-0.2, -0.15) is 4.31 Å². The van der Waals surface area contributed by atoms with Crippen molar-refractivity contribution in [3.63, 3.8) is 0 Å². The quantitative estimate of drug-likeness (QED) is 0.832. The maximum atomic E-state index is 12.9. The Labute approximate surface area is 161 Å². The Morgan fingerprint density at radius 1 is 1.11 bits per heavy atom. The predicted molar refractivity (Wildman–Crippen MR) is 103 cm³/mol. The van der Waals surface area contributed by atoms with Crippen molar-refractivity contribution in [2.24, 2.45) is 0 Å². The second-order valence-electron chi connectivity index (χ2n) is 7.48. The zero-order valence-corrected chi connectivity index (χ0v) is 17.0. The van der Waals surface area contributed by atoms with Crippen LogP contribution >= 0.6 is 0 Å². The molecule has 1 N–H and O–H groups in total. The molecule has 0 spiro atoms. The van der Waals surface area contributed by atoms with Crippen LogP contribution in [0.15, 0.2) is 29.2 Å². The maximum absolute atomic E-state index is 12.9. The number of benzene rings is 1. The molecule has 0 aliphatic carbocycles. The van der Waals surface area contributed by atoms with Gasteiger partial charge in [-0.05, 0) is 58.0 Å². The molecule has 3 atom stereocenters. The number of carbonyl (C=O) groups excluding carboxylic acids is 1. The van der Waals surface area contributed by atoms with Crippen molar-refractivity contribution >= 4 is 15.9 Å². The van der Waals surface area contributed by atoms with Crippen LogP contribution in [-0.4, -0.2) is 75.0 Å². The lowest BCUT2D eigenvalue weighted by Gasteiger charge is -2.34. The maximum Gasteiger partial charge on any atom is 0.253 e. The summed E-state index contributed by atoms with van der Waals surface area (Å²) in [5.41, 5.74) is 0.523. The highest BCUT2D eigenvalue weighted by atomic mass is 32.2. The number of carbonyl (C=O) groups is 1. The molecule has 1 aromatic carbocycles. The van der Waals surface area contributed by atoms with Crippen molar-refractivity contribution in [2.45, 2.75) is 49.8 Å². The average molecular weight is 396 g/mol. The first kappa shape index (κ1) is 20.3. The van der Waals surface area contributed by atoms with Gasteiger partial charge in [0.05, 0.1) is 17.1 Å². The monoisotopic (exact) mass is 395 g/mol. The van der Waals surface area contributed by atoms with E-state index in [1.165, 1.54) is 16.4 Å². The molecule has 7 nitrogen and oxygen atoms in total. The number of nitrogens with zero attached hydrogens (tertiary/aromatic N) is 2. The second-order valence-corrected chi connectivity index (χ2v) is 9.42. The van der Waals surface area contributed by atoms with Crippen LogP contribution < -0.4 is 5.32 Å². The molecule has 1 amide bonds. The molecule has 0 bridgehead atoms. The molecule has 2 heterocycles. The van der Waals surface area contributed by atoms with Gasteiger partial charge in [0.2, 0.25) is 10.0 Å². The number of rotatable bonds is 4. The molecule has 150 valence electrons. The van der Waals surface area contributed by atoms with E-state index in [0.29, 0.717) is 31.2 Å². The molecule has 0 saturated carbocycles. The summed E-state index contributed by atoms with van der Waals surface area (Å²) in [5, 5.41) is 3.22. The molecule has 1 aromatic rings. The third-order valence-corrected chi connectivity index (χ3v) is 7.09. The Bertz CT molecular complexity index is 756. The van der Waals surface area contributed by atoms with Gasteiger partial charge < -0.3 is 15.0 Å². The molecule has 0 radical (unpaired) electrons. The Morgan fingerprint density at radius 2 is 1.74 bits per heavy atom. The largest absolute Gasteiger partial charge is 0.373 e. The number of ether oxygens (including phenoxy) is 1. The SMILES string of the molecule is CNC1CCCN(C(=O)c2ccc(S(=O)(=O)N3CC(C)OC(C)C3)cc2)C1. The molecule has 2 fully saturated rings. The van der Waals surface area contributed by atoms with Crippen LogP contribution in [0.4, 0.5) is 0 Å². The summed E-state index contributed by atoms with van der Waals surface area (Å²) in [7, 11) is -1.68. The van der Waals surface area contributed by atoms with Crippen LogP contribution in [0, 0.1) is 0 Å². The van der Waals surface area contributed by atoms with Gasteiger partial charge in [0, 0.05) is 37.8 Å². The van der Waals surface area contributed by atoms with E-state index in [-0.39, 0.29) is 23.0 Å². The van der Waals surface area contributed by atoms with Crippen LogP contribution in [0.5, 0.6) is 0 Å². The van der Waals surface area contributed by atoms with Gasteiger partial charge in [0.15, 0.2) is 0 Å². The van der Waals surface area contributed by atoms with Crippen molar-refractivity contribution in [3.05, 3.63) is 29.8 Å². The fourth-order valence-electron chi connectivity index (χ4n) is 3.83. The van der Waals surface area contributed by atoms with Crippen molar-refractivity contribution in [2.75, 3.05) is 33.2 Å². The summed E-state index contributed by atoms with van der Waals surface area (Å²) in [6.45, 7) is 5.84. The average Bonchev–Trinajstić information content (AvgIpc) is 2.67. The summed E-state index contributed by atoms with van der Waals surface area (Å²) in [6.07, 6.45) is 1.76. The van der Waals surface area contributed by atoms with Crippen molar-refractivity contribution in [1.82, 2.24) is 14.5 Å².